The standard InChI is InChI=1S/C15H30O3/c1-6-9-10-13(14(16)18-5)15(17,8-3)11-12(4)7-2/h12-13,17H,6-11H2,1-5H3. The van der Waals surface area contributed by atoms with Crippen molar-refractivity contribution in [3.63, 3.8) is 0 Å². The maximum atomic E-state index is 11.9. The highest BCUT2D eigenvalue weighted by Crippen LogP contribution is 2.34. The SMILES string of the molecule is CCCCC(C(=O)OC)C(O)(CC)CC(C)CC. The highest BCUT2D eigenvalue weighted by molar-refractivity contribution is 5.73. The summed E-state index contributed by atoms with van der Waals surface area (Å²) in [5.74, 6) is -0.235. The third kappa shape index (κ3) is 4.97. The van der Waals surface area contributed by atoms with E-state index in [4.69, 9.17) is 4.74 Å². The van der Waals surface area contributed by atoms with Crippen LogP contribution in [0.15, 0.2) is 0 Å². The van der Waals surface area contributed by atoms with Crippen LogP contribution in [0.25, 0.3) is 0 Å². The summed E-state index contributed by atoms with van der Waals surface area (Å²) in [6, 6.07) is 0. The van der Waals surface area contributed by atoms with Gasteiger partial charge in [0.05, 0.1) is 18.6 Å². The Bertz CT molecular complexity index is 240. The number of carbonyl (C=O) groups is 1. The highest BCUT2D eigenvalue weighted by Gasteiger charge is 2.40. The van der Waals surface area contributed by atoms with Gasteiger partial charge in [0.25, 0.3) is 0 Å². The molecule has 3 heteroatoms. The van der Waals surface area contributed by atoms with Gasteiger partial charge in [0.1, 0.15) is 0 Å². The van der Waals surface area contributed by atoms with Gasteiger partial charge in [-0.25, -0.2) is 0 Å². The van der Waals surface area contributed by atoms with E-state index in [1.54, 1.807) is 0 Å². The number of rotatable bonds is 9. The number of esters is 1. The van der Waals surface area contributed by atoms with E-state index in [-0.39, 0.29) is 11.9 Å². The first kappa shape index (κ1) is 17.4. The zero-order chi connectivity index (χ0) is 14.2. The van der Waals surface area contributed by atoms with Crippen molar-refractivity contribution in [2.75, 3.05) is 7.11 Å². The molecule has 0 aliphatic carbocycles. The fourth-order valence-corrected chi connectivity index (χ4v) is 2.44. The third-order valence-corrected chi connectivity index (χ3v) is 3.99. The molecule has 0 fully saturated rings. The quantitative estimate of drug-likeness (QED) is 0.643. The minimum atomic E-state index is -0.919. The third-order valence-electron chi connectivity index (χ3n) is 3.99. The predicted molar refractivity (Wildman–Crippen MR) is 74.3 cm³/mol. The number of unbranched alkanes of at least 4 members (excludes halogenated alkanes) is 1. The first-order valence-electron chi connectivity index (χ1n) is 7.25. The minimum absolute atomic E-state index is 0.267. The van der Waals surface area contributed by atoms with Crippen molar-refractivity contribution in [1.82, 2.24) is 0 Å². The molecular weight excluding hydrogens is 228 g/mol. The second-order valence-corrected chi connectivity index (χ2v) is 5.39. The molecule has 0 spiro atoms. The molecule has 0 saturated heterocycles. The summed E-state index contributed by atoms with van der Waals surface area (Å²) < 4.78 is 4.87. The molecule has 0 aromatic rings. The molecule has 3 atom stereocenters. The Kier molecular flexibility index (Phi) is 8.25. The van der Waals surface area contributed by atoms with Gasteiger partial charge in [-0.15, -0.1) is 0 Å². The summed E-state index contributed by atoms with van der Waals surface area (Å²) in [5, 5.41) is 10.8. The fraction of sp³-hybridized carbons (Fsp3) is 0.933. The second kappa shape index (κ2) is 8.52. The number of aliphatic hydroxyl groups is 1. The van der Waals surface area contributed by atoms with Gasteiger partial charge in [-0.1, -0.05) is 47.0 Å². The van der Waals surface area contributed by atoms with Gasteiger partial charge in [-0.3, -0.25) is 4.79 Å². The topological polar surface area (TPSA) is 46.5 Å². The lowest BCUT2D eigenvalue weighted by Crippen LogP contribution is -2.43. The lowest BCUT2D eigenvalue weighted by atomic mass is 9.76. The van der Waals surface area contributed by atoms with Gasteiger partial charge < -0.3 is 9.84 Å². The molecule has 1 N–H and O–H groups in total. The maximum Gasteiger partial charge on any atom is 0.311 e. The number of hydrogen-bond donors (Lipinski definition) is 1. The van der Waals surface area contributed by atoms with Gasteiger partial charge in [-0.05, 0) is 25.2 Å². The number of carbonyl (C=O) groups excluding carboxylic acids is 1. The molecule has 0 aromatic heterocycles. The summed E-state index contributed by atoms with van der Waals surface area (Å²) in [6.45, 7) is 8.27. The minimum Gasteiger partial charge on any atom is -0.469 e. The Morgan fingerprint density at radius 3 is 2.33 bits per heavy atom. The van der Waals surface area contributed by atoms with E-state index in [0.29, 0.717) is 25.2 Å². The van der Waals surface area contributed by atoms with Crippen LogP contribution in [0.2, 0.25) is 0 Å². The molecule has 0 radical (unpaired) electrons. The van der Waals surface area contributed by atoms with Crippen LogP contribution < -0.4 is 0 Å². The van der Waals surface area contributed by atoms with Crippen molar-refractivity contribution < 1.29 is 14.6 Å². The lowest BCUT2D eigenvalue weighted by molar-refractivity contribution is -0.158. The lowest BCUT2D eigenvalue weighted by Gasteiger charge is -2.35. The van der Waals surface area contributed by atoms with Gasteiger partial charge in [0.15, 0.2) is 0 Å². The largest absolute Gasteiger partial charge is 0.469 e. The molecule has 0 aromatic carbocycles. The molecular formula is C15H30O3. The Morgan fingerprint density at radius 2 is 1.94 bits per heavy atom. The first-order chi connectivity index (χ1) is 8.45. The highest BCUT2D eigenvalue weighted by atomic mass is 16.5. The van der Waals surface area contributed by atoms with Crippen LogP contribution in [0, 0.1) is 11.8 Å². The predicted octanol–water partition coefficient (Wildman–Crippen LogP) is 3.54. The van der Waals surface area contributed by atoms with Gasteiger partial charge in [0.2, 0.25) is 0 Å². The maximum absolute atomic E-state index is 11.9. The molecule has 0 bridgehead atoms. The van der Waals surface area contributed by atoms with Crippen LogP contribution in [-0.4, -0.2) is 23.8 Å². The van der Waals surface area contributed by atoms with Crippen LogP contribution in [0.5, 0.6) is 0 Å². The van der Waals surface area contributed by atoms with Crippen LogP contribution >= 0.6 is 0 Å². The zero-order valence-corrected chi connectivity index (χ0v) is 12.7. The van der Waals surface area contributed by atoms with E-state index in [1.165, 1.54) is 7.11 Å². The van der Waals surface area contributed by atoms with Gasteiger partial charge in [-0.2, -0.15) is 0 Å². The van der Waals surface area contributed by atoms with Crippen molar-refractivity contribution in [2.24, 2.45) is 11.8 Å². The van der Waals surface area contributed by atoms with E-state index in [9.17, 15) is 9.90 Å². The average molecular weight is 258 g/mol. The summed E-state index contributed by atoms with van der Waals surface area (Å²) in [5.41, 5.74) is -0.919. The Labute approximate surface area is 112 Å². The molecule has 0 heterocycles. The number of ether oxygens (including phenoxy) is 1. The van der Waals surface area contributed by atoms with E-state index >= 15 is 0 Å². The second-order valence-electron chi connectivity index (χ2n) is 5.39. The Morgan fingerprint density at radius 1 is 1.33 bits per heavy atom. The Balaban J connectivity index is 4.92. The normalized spacial score (nSPS) is 17.9. The average Bonchev–Trinajstić information content (AvgIpc) is 2.38. The Hall–Kier alpha value is -0.570. The van der Waals surface area contributed by atoms with E-state index < -0.39 is 5.60 Å². The van der Waals surface area contributed by atoms with Crippen LogP contribution in [0.4, 0.5) is 0 Å². The van der Waals surface area contributed by atoms with Crippen molar-refractivity contribution in [2.45, 2.75) is 71.8 Å². The monoisotopic (exact) mass is 258 g/mol. The molecule has 3 nitrogen and oxygen atoms in total. The summed E-state index contributed by atoms with van der Waals surface area (Å²) >= 11 is 0. The van der Waals surface area contributed by atoms with Gasteiger partial charge in [0, 0.05) is 0 Å². The van der Waals surface area contributed by atoms with Crippen LogP contribution in [0.1, 0.15) is 66.2 Å². The molecule has 0 aliphatic rings. The van der Waals surface area contributed by atoms with E-state index in [2.05, 4.69) is 20.8 Å². The molecule has 0 rings (SSSR count). The molecule has 108 valence electrons. The fourth-order valence-electron chi connectivity index (χ4n) is 2.44. The van der Waals surface area contributed by atoms with Crippen molar-refractivity contribution >= 4 is 5.97 Å². The molecule has 0 amide bonds. The van der Waals surface area contributed by atoms with Crippen molar-refractivity contribution in [3.8, 4) is 0 Å². The molecule has 0 saturated carbocycles. The number of methoxy groups -OCH3 is 1. The molecule has 18 heavy (non-hydrogen) atoms. The summed E-state index contributed by atoms with van der Waals surface area (Å²) in [6.07, 6.45) is 4.97. The molecule has 3 unspecified atom stereocenters. The van der Waals surface area contributed by atoms with Gasteiger partial charge >= 0.3 is 5.97 Å². The summed E-state index contributed by atoms with van der Waals surface area (Å²) in [7, 11) is 1.40. The summed E-state index contributed by atoms with van der Waals surface area (Å²) in [4.78, 5) is 11.9. The zero-order valence-electron chi connectivity index (χ0n) is 12.7. The van der Waals surface area contributed by atoms with Crippen molar-refractivity contribution in [3.05, 3.63) is 0 Å². The molecule has 0 aliphatic heterocycles. The van der Waals surface area contributed by atoms with E-state index in [1.807, 2.05) is 6.92 Å². The smallest absolute Gasteiger partial charge is 0.311 e. The first-order valence-corrected chi connectivity index (χ1v) is 7.25. The van der Waals surface area contributed by atoms with E-state index in [0.717, 1.165) is 19.3 Å². The van der Waals surface area contributed by atoms with Crippen molar-refractivity contribution in [1.29, 1.82) is 0 Å². The number of hydrogen-bond acceptors (Lipinski definition) is 3. The van der Waals surface area contributed by atoms with Crippen LogP contribution in [0.3, 0.4) is 0 Å². The van der Waals surface area contributed by atoms with Crippen LogP contribution in [-0.2, 0) is 9.53 Å².